The Morgan fingerprint density at radius 1 is 1.21 bits per heavy atom. The number of benzene rings is 1. The minimum absolute atomic E-state index is 0.144. The molecule has 6 nitrogen and oxygen atoms in total. The second-order valence-electron chi connectivity index (χ2n) is 5.35. The predicted octanol–water partition coefficient (Wildman–Crippen LogP) is 2.82. The van der Waals surface area contributed by atoms with Crippen LogP contribution >= 0.6 is 0 Å². The average molecular weight is 320 g/mol. The first-order valence-electron chi connectivity index (χ1n) is 7.44. The summed E-state index contributed by atoms with van der Waals surface area (Å²) in [5.41, 5.74) is 3.67. The van der Waals surface area contributed by atoms with Crippen molar-refractivity contribution >= 4 is 5.97 Å². The van der Waals surface area contributed by atoms with Crippen LogP contribution in [0.5, 0.6) is 0 Å². The lowest BCUT2D eigenvalue weighted by Crippen LogP contribution is -2.00. The minimum Gasteiger partial charge on any atom is -0.478 e. The Morgan fingerprint density at radius 2 is 2.04 bits per heavy atom. The molecule has 0 spiro atoms. The summed E-state index contributed by atoms with van der Waals surface area (Å²) in [6, 6.07) is 11.4. The number of aromatic nitrogens is 4. The Kier molecular flexibility index (Phi) is 4.47. The number of rotatable bonds is 6. The van der Waals surface area contributed by atoms with Gasteiger partial charge in [0.05, 0.1) is 24.0 Å². The van der Waals surface area contributed by atoms with Crippen molar-refractivity contribution in [1.82, 2.24) is 20.0 Å². The van der Waals surface area contributed by atoms with Gasteiger partial charge in [0.2, 0.25) is 0 Å². The Hall–Kier alpha value is -3.28. The molecule has 1 aromatic carbocycles. The largest absolute Gasteiger partial charge is 0.478 e. The van der Waals surface area contributed by atoms with E-state index in [4.69, 9.17) is 5.11 Å². The quantitative estimate of drug-likeness (QED) is 0.706. The maximum atomic E-state index is 10.9. The third-order valence-corrected chi connectivity index (χ3v) is 3.53. The van der Waals surface area contributed by atoms with Crippen LogP contribution in [0, 0.1) is 0 Å². The first-order chi connectivity index (χ1) is 11.7. The van der Waals surface area contributed by atoms with Crippen molar-refractivity contribution in [3.63, 3.8) is 0 Å². The van der Waals surface area contributed by atoms with Gasteiger partial charge in [0.1, 0.15) is 5.69 Å². The average Bonchev–Trinajstić information content (AvgIpc) is 3.04. The normalized spacial score (nSPS) is 10.5. The summed E-state index contributed by atoms with van der Waals surface area (Å²) in [4.78, 5) is 15.0. The van der Waals surface area contributed by atoms with Crippen LogP contribution < -0.4 is 0 Å². The van der Waals surface area contributed by atoms with E-state index in [-0.39, 0.29) is 5.56 Å². The number of hydrogen-bond acceptors (Lipinski definition) is 4. The van der Waals surface area contributed by atoms with Crippen LogP contribution in [0.4, 0.5) is 0 Å². The standard InChI is InChI=1S/C18H16N4O2/c1-2-4-13-5-3-6-14(9-13)11-22-12-17(20-21-22)16-8-7-15(10-19-16)18(23)24/h2-3,5-10,12H,1,4,11H2,(H,23,24). The molecule has 0 aliphatic rings. The van der Waals surface area contributed by atoms with Crippen molar-refractivity contribution < 1.29 is 9.90 Å². The van der Waals surface area contributed by atoms with E-state index in [0.717, 1.165) is 12.0 Å². The van der Waals surface area contributed by atoms with Crippen LogP contribution in [-0.2, 0) is 13.0 Å². The SMILES string of the molecule is C=CCc1cccc(Cn2cc(-c3ccc(C(=O)O)cn3)nn2)c1. The van der Waals surface area contributed by atoms with E-state index >= 15 is 0 Å². The number of carbonyl (C=O) groups is 1. The first-order valence-corrected chi connectivity index (χ1v) is 7.44. The molecule has 0 aliphatic carbocycles. The number of allylic oxidation sites excluding steroid dienone is 1. The summed E-state index contributed by atoms with van der Waals surface area (Å²) in [6.45, 7) is 4.35. The zero-order valence-electron chi connectivity index (χ0n) is 13.0. The molecular weight excluding hydrogens is 304 g/mol. The molecule has 0 saturated heterocycles. The van der Waals surface area contributed by atoms with Crippen molar-refractivity contribution in [1.29, 1.82) is 0 Å². The van der Waals surface area contributed by atoms with Gasteiger partial charge in [0.15, 0.2) is 0 Å². The molecule has 2 heterocycles. The van der Waals surface area contributed by atoms with E-state index in [1.165, 1.54) is 17.8 Å². The number of hydrogen-bond donors (Lipinski definition) is 1. The molecule has 0 aliphatic heterocycles. The Balaban J connectivity index is 1.76. The Morgan fingerprint density at radius 3 is 2.75 bits per heavy atom. The zero-order chi connectivity index (χ0) is 16.9. The predicted molar refractivity (Wildman–Crippen MR) is 89.7 cm³/mol. The van der Waals surface area contributed by atoms with Gasteiger partial charge in [-0.15, -0.1) is 11.7 Å². The molecular formula is C18H16N4O2. The highest BCUT2D eigenvalue weighted by Gasteiger charge is 2.08. The molecule has 0 bridgehead atoms. The second-order valence-corrected chi connectivity index (χ2v) is 5.35. The second kappa shape index (κ2) is 6.87. The number of carboxylic acid groups (broad SMARTS) is 1. The van der Waals surface area contributed by atoms with Crippen molar-refractivity contribution in [2.75, 3.05) is 0 Å². The fourth-order valence-corrected chi connectivity index (χ4v) is 2.37. The van der Waals surface area contributed by atoms with Crippen LogP contribution in [-0.4, -0.2) is 31.1 Å². The topological polar surface area (TPSA) is 80.9 Å². The molecule has 120 valence electrons. The maximum Gasteiger partial charge on any atom is 0.337 e. The van der Waals surface area contributed by atoms with E-state index in [1.54, 1.807) is 16.9 Å². The summed E-state index contributed by atoms with van der Waals surface area (Å²) >= 11 is 0. The van der Waals surface area contributed by atoms with E-state index in [1.807, 2.05) is 18.2 Å². The number of aromatic carboxylic acids is 1. The van der Waals surface area contributed by atoms with Gasteiger partial charge in [-0.05, 0) is 29.7 Å². The highest BCUT2D eigenvalue weighted by atomic mass is 16.4. The lowest BCUT2D eigenvalue weighted by Gasteiger charge is -2.03. The lowest BCUT2D eigenvalue weighted by molar-refractivity contribution is 0.0696. The third-order valence-electron chi connectivity index (χ3n) is 3.53. The summed E-state index contributed by atoms with van der Waals surface area (Å²) in [6.07, 6.45) is 5.81. The smallest absolute Gasteiger partial charge is 0.337 e. The molecule has 0 radical (unpaired) electrons. The molecule has 2 aromatic heterocycles. The maximum absolute atomic E-state index is 10.9. The number of nitrogens with zero attached hydrogens (tertiary/aromatic N) is 4. The molecule has 6 heteroatoms. The van der Waals surface area contributed by atoms with Gasteiger partial charge in [-0.3, -0.25) is 4.98 Å². The first kappa shape index (κ1) is 15.6. The molecule has 0 saturated carbocycles. The molecule has 3 rings (SSSR count). The van der Waals surface area contributed by atoms with Crippen molar-refractivity contribution in [2.45, 2.75) is 13.0 Å². The molecule has 0 amide bonds. The fourth-order valence-electron chi connectivity index (χ4n) is 2.37. The van der Waals surface area contributed by atoms with Crippen molar-refractivity contribution in [2.24, 2.45) is 0 Å². The fraction of sp³-hybridized carbons (Fsp3) is 0.111. The Labute approximate surface area is 139 Å². The summed E-state index contributed by atoms with van der Waals surface area (Å²) in [7, 11) is 0. The lowest BCUT2D eigenvalue weighted by atomic mass is 10.1. The summed E-state index contributed by atoms with van der Waals surface area (Å²) < 4.78 is 1.73. The zero-order valence-corrected chi connectivity index (χ0v) is 13.0. The highest BCUT2D eigenvalue weighted by Crippen LogP contribution is 2.15. The molecule has 0 unspecified atom stereocenters. The third kappa shape index (κ3) is 3.55. The van der Waals surface area contributed by atoms with Crippen molar-refractivity contribution in [3.8, 4) is 11.4 Å². The van der Waals surface area contributed by atoms with Gasteiger partial charge in [-0.1, -0.05) is 35.6 Å². The molecule has 0 atom stereocenters. The van der Waals surface area contributed by atoms with Gasteiger partial charge in [0, 0.05) is 6.20 Å². The van der Waals surface area contributed by atoms with Crippen LogP contribution in [0.1, 0.15) is 21.5 Å². The summed E-state index contributed by atoms with van der Waals surface area (Å²) in [5, 5.41) is 17.1. The number of carboxylic acids is 1. The molecule has 3 aromatic rings. The molecule has 1 N–H and O–H groups in total. The van der Waals surface area contributed by atoms with Gasteiger partial charge in [-0.25, -0.2) is 9.48 Å². The molecule has 0 fully saturated rings. The minimum atomic E-state index is -1.00. The van der Waals surface area contributed by atoms with E-state index in [2.05, 4.69) is 34.0 Å². The van der Waals surface area contributed by atoms with E-state index in [0.29, 0.717) is 17.9 Å². The summed E-state index contributed by atoms with van der Waals surface area (Å²) in [5.74, 6) is -1.00. The van der Waals surface area contributed by atoms with Crippen LogP contribution in [0.3, 0.4) is 0 Å². The van der Waals surface area contributed by atoms with Crippen LogP contribution in [0.25, 0.3) is 11.4 Å². The van der Waals surface area contributed by atoms with Gasteiger partial charge < -0.3 is 5.11 Å². The Bertz CT molecular complexity index is 869. The van der Waals surface area contributed by atoms with Crippen LogP contribution in [0.2, 0.25) is 0 Å². The molecule has 24 heavy (non-hydrogen) atoms. The number of pyridine rings is 1. The van der Waals surface area contributed by atoms with E-state index in [9.17, 15) is 4.79 Å². The monoisotopic (exact) mass is 320 g/mol. The van der Waals surface area contributed by atoms with Gasteiger partial charge >= 0.3 is 5.97 Å². The van der Waals surface area contributed by atoms with Crippen LogP contribution in [0.15, 0.2) is 61.4 Å². The van der Waals surface area contributed by atoms with Gasteiger partial charge in [-0.2, -0.15) is 0 Å². The van der Waals surface area contributed by atoms with Gasteiger partial charge in [0.25, 0.3) is 0 Å². The van der Waals surface area contributed by atoms with E-state index < -0.39 is 5.97 Å². The highest BCUT2D eigenvalue weighted by molar-refractivity contribution is 5.87. The van der Waals surface area contributed by atoms with Crippen molar-refractivity contribution in [3.05, 3.63) is 78.1 Å².